The van der Waals surface area contributed by atoms with Crippen molar-refractivity contribution in [1.29, 1.82) is 0 Å². The maximum atomic E-state index is 11.5. The third-order valence-electron chi connectivity index (χ3n) is 2.00. The van der Waals surface area contributed by atoms with Gasteiger partial charge in [-0.05, 0) is 13.8 Å². The standard InChI is InChI=1S/C11H14N2O4/c1-3-17-10(15)6-13-11(16)8-5-12-7(2)4-9(8)14/h4-5H,3,6H2,1-2H3,(H,12,14)(H,13,16). The molecule has 0 spiro atoms. The number of ether oxygens (including phenoxy) is 1. The number of H-pyrrole nitrogens is 1. The van der Waals surface area contributed by atoms with Crippen molar-refractivity contribution in [2.75, 3.05) is 13.2 Å². The molecular formula is C11H14N2O4. The molecule has 0 aliphatic rings. The number of amides is 1. The van der Waals surface area contributed by atoms with Crippen LogP contribution in [0.15, 0.2) is 17.1 Å². The molecule has 0 saturated carbocycles. The summed E-state index contributed by atoms with van der Waals surface area (Å²) in [4.78, 5) is 36.8. The Bertz CT molecular complexity index is 479. The van der Waals surface area contributed by atoms with Crippen LogP contribution in [0.25, 0.3) is 0 Å². The summed E-state index contributed by atoms with van der Waals surface area (Å²) < 4.78 is 4.64. The van der Waals surface area contributed by atoms with Gasteiger partial charge in [0.15, 0.2) is 5.43 Å². The van der Waals surface area contributed by atoms with Crippen LogP contribution in [-0.4, -0.2) is 30.0 Å². The third kappa shape index (κ3) is 3.75. The van der Waals surface area contributed by atoms with E-state index in [0.29, 0.717) is 5.69 Å². The second-order valence-corrected chi connectivity index (χ2v) is 3.38. The first kappa shape index (κ1) is 13.0. The van der Waals surface area contributed by atoms with Crippen LogP contribution >= 0.6 is 0 Å². The van der Waals surface area contributed by atoms with Crippen molar-refractivity contribution in [3.8, 4) is 0 Å². The van der Waals surface area contributed by atoms with Gasteiger partial charge in [0.25, 0.3) is 5.91 Å². The highest BCUT2D eigenvalue weighted by Crippen LogP contribution is 1.92. The van der Waals surface area contributed by atoms with E-state index in [1.807, 2.05) is 0 Å². The Hall–Kier alpha value is -2.11. The second kappa shape index (κ2) is 5.83. The van der Waals surface area contributed by atoms with Crippen molar-refractivity contribution in [2.24, 2.45) is 0 Å². The van der Waals surface area contributed by atoms with Crippen molar-refractivity contribution in [3.63, 3.8) is 0 Å². The lowest BCUT2D eigenvalue weighted by atomic mass is 10.2. The Morgan fingerprint density at radius 2 is 2.18 bits per heavy atom. The number of hydrogen-bond acceptors (Lipinski definition) is 4. The molecule has 0 unspecified atom stereocenters. The molecule has 6 heteroatoms. The van der Waals surface area contributed by atoms with Gasteiger partial charge in [0.2, 0.25) is 0 Å². The van der Waals surface area contributed by atoms with E-state index in [4.69, 9.17) is 0 Å². The van der Waals surface area contributed by atoms with Crippen LogP contribution in [0.5, 0.6) is 0 Å². The van der Waals surface area contributed by atoms with Gasteiger partial charge in [-0.1, -0.05) is 0 Å². The molecule has 1 aromatic rings. The smallest absolute Gasteiger partial charge is 0.325 e. The molecule has 0 aliphatic heterocycles. The summed E-state index contributed by atoms with van der Waals surface area (Å²) >= 11 is 0. The van der Waals surface area contributed by atoms with Gasteiger partial charge < -0.3 is 15.0 Å². The Morgan fingerprint density at radius 1 is 1.47 bits per heavy atom. The van der Waals surface area contributed by atoms with E-state index in [0.717, 1.165) is 0 Å². The lowest BCUT2D eigenvalue weighted by Gasteiger charge is -2.04. The number of aromatic amines is 1. The highest BCUT2D eigenvalue weighted by molar-refractivity contribution is 5.95. The molecule has 17 heavy (non-hydrogen) atoms. The molecule has 0 radical (unpaired) electrons. The van der Waals surface area contributed by atoms with Crippen LogP contribution in [0, 0.1) is 6.92 Å². The van der Waals surface area contributed by atoms with E-state index in [1.165, 1.54) is 12.3 Å². The number of aryl methyl sites for hydroxylation is 1. The van der Waals surface area contributed by atoms with E-state index < -0.39 is 11.9 Å². The highest BCUT2D eigenvalue weighted by Gasteiger charge is 2.11. The first-order chi connectivity index (χ1) is 8.04. The molecule has 1 heterocycles. The van der Waals surface area contributed by atoms with Gasteiger partial charge in [0.1, 0.15) is 12.1 Å². The van der Waals surface area contributed by atoms with E-state index in [-0.39, 0.29) is 24.1 Å². The average molecular weight is 238 g/mol. The number of carbonyl (C=O) groups excluding carboxylic acids is 2. The van der Waals surface area contributed by atoms with E-state index >= 15 is 0 Å². The van der Waals surface area contributed by atoms with Crippen LogP contribution in [-0.2, 0) is 9.53 Å². The second-order valence-electron chi connectivity index (χ2n) is 3.38. The van der Waals surface area contributed by atoms with Gasteiger partial charge in [-0.15, -0.1) is 0 Å². The fourth-order valence-electron chi connectivity index (χ4n) is 1.21. The monoisotopic (exact) mass is 238 g/mol. The summed E-state index contributed by atoms with van der Waals surface area (Å²) in [6.45, 7) is 3.38. The zero-order chi connectivity index (χ0) is 12.8. The minimum Gasteiger partial charge on any atom is -0.465 e. The van der Waals surface area contributed by atoms with Crippen LogP contribution in [0.1, 0.15) is 23.0 Å². The van der Waals surface area contributed by atoms with Gasteiger partial charge in [0, 0.05) is 18.0 Å². The molecular weight excluding hydrogens is 224 g/mol. The topological polar surface area (TPSA) is 88.3 Å². The normalized spacial score (nSPS) is 9.76. The van der Waals surface area contributed by atoms with Gasteiger partial charge in [0.05, 0.1) is 6.61 Å². The molecule has 1 rings (SSSR count). The van der Waals surface area contributed by atoms with Crippen molar-refractivity contribution in [1.82, 2.24) is 10.3 Å². The molecule has 1 aromatic heterocycles. The maximum absolute atomic E-state index is 11.5. The first-order valence-corrected chi connectivity index (χ1v) is 5.17. The predicted octanol–water partition coefficient (Wildman–Crippen LogP) is -0.0238. The number of hydrogen-bond donors (Lipinski definition) is 2. The number of rotatable bonds is 4. The van der Waals surface area contributed by atoms with Crippen molar-refractivity contribution in [3.05, 3.63) is 33.7 Å². The number of aromatic nitrogens is 1. The minimum atomic E-state index is -0.598. The average Bonchev–Trinajstić information content (AvgIpc) is 2.26. The lowest BCUT2D eigenvalue weighted by molar-refractivity contribution is -0.141. The maximum Gasteiger partial charge on any atom is 0.325 e. The molecule has 0 aromatic carbocycles. The first-order valence-electron chi connectivity index (χ1n) is 5.17. The summed E-state index contributed by atoms with van der Waals surface area (Å²) in [7, 11) is 0. The number of carbonyl (C=O) groups is 2. The molecule has 0 aliphatic carbocycles. The molecule has 0 fully saturated rings. The predicted molar refractivity (Wildman–Crippen MR) is 60.8 cm³/mol. The zero-order valence-electron chi connectivity index (χ0n) is 9.70. The van der Waals surface area contributed by atoms with Crippen LogP contribution < -0.4 is 10.7 Å². The van der Waals surface area contributed by atoms with Crippen LogP contribution in [0.4, 0.5) is 0 Å². The molecule has 0 bridgehead atoms. The van der Waals surface area contributed by atoms with Gasteiger partial charge >= 0.3 is 5.97 Å². The summed E-state index contributed by atoms with van der Waals surface area (Å²) in [5.74, 6) is -1.14. The molecule has 0 atom stereocenters. The molecule has 1 amide bonds. The van der Waals surface area contributed by atoms with Crippen molar-refractivity contribution in [2.45, 2.75) is 13.8 Å². The molecule has 92 valence electrons. The minimum absolute atomic E-state index is 0.0279. The van der Waals surface area contributed by atoms with Gasteiger partial charge in [-0.25, -0.2) is 0 Å². The van der Waals surface area contributed by atoms with Crippen molar-refractivity contribution < 1.29 is 14.3 Å². The Morgan fingerprint density at radius 3 is 2.76 bits per heavy atom. The summed E-state index contributed by atoms with van der Waals surface area (Å²) in [6.07, 6.45) is 1.32. The van der Waals surface area contributed by atoms with Gasteiger partial charge in [-0.2, -0.15) is 0 Å². The molecule has 6 nitrogen and oxygen atoms in total. The van der Waals surface area contributed by atoms with Gasteiger partial charge in [-0.3, -0.25) is 14.4 Å². The molecule has 0 saturated heterocycles. The number of esters is 1. The molecule has 2 N–H and O–H groups in total. The van der Waals surface area contributed by atoms with E-state index in [1.54, 1.807) is 13.8 Å². The Kier molecular flexibility index (Phi) is 4.45. The fourth-order valence-corrected chi connectivity index (χ4v) is 1.21. The summed E-state index contributed by atoms with van der Waals surface area (Å²) in [5.41, 5.74) is 0.249. The van der Waals surface area contributed by atoms with Crippen LogP contribution in [0.2, 0.25) is 0 Å². The fraction of sp³-hybridized carbons (Fsp3) is 0.364. The van der Waals surface area contributed by atoms with E-state index in [9.17, 15) is 14.4 Å². The Balaban J connectivity index is 2.64. The Labute approximate surface area is 98.0 Å². The van der Waals surface area contributed by atoms with E-state index in [2.05, 4.69) is 15.0 Å². The van der Waals surface area contributed by atoms with Crippen LogP contribution in [0.3, 0.4) is 0 Å². The number of pyridine rings is 1. The zero-order valence-corrected chi connectivity index (χ0v) is 9.70. The SMILES string of the molecule is CCOC(=O)CNC(=O)c1c[nH]c(C)cc1=O. The highest BCUT2D eigenvalue weighted by atomic mass is 16.5. The summed E-state index contributed by atoms with van der Waals surface area (Å²) in [5, 5.41) is 2.31. The lowest BCUT2D eigenvalue weighted by Crippen LogP contribution is -2.33. The number of nitrogens with one attached hydrogen (secondary N) is 2. The summed E-state index contributed by atoms with van der Waals surface area (Å²) in [6, 6.07) is 1.32. The quantitative estimate of drug-likeness (QED) is 0.721. The van der Waals surface area contributed by atoms with Crippen molar-refractivity contribution >= 4 is 11.9 Å². The third-order valence-corrected chi connectivity index (χ3v) is 2.00. The largest absolute Gasteiger partial charge is 0.465 e.